The van der Waals surface area contributed by atoms with Gasteiger partial charge >= 0.3 is 11.9 Å². The standard InChI is InChI=1S/C11H9NO5/c1-11(2)8-5-6(12(15)16)3-4-7(8)9(13)17-10(11)14/h3-5H,1-2H3. The van der Waals surface area contributed by atoms with Gasteiger partial charge in [-0.15, -0.1) is 0 Å². The smallest absolute Gasteiger partial charge is 0.346 e. The zero-order valence-electron chi connectivity index (χ0n) is 9.22. The lowest BCUT2D eigenvalue weighted by Crippen LogP contribution is -2.39. The van der Waals surface area contributed by atoms with Gasteiger partial charge in [-0.2, -0.15) is 0 Å². The highest BCUT2D eigenvalue weighted by molar-refractivity contribution is 6.06. The summed E-state index contributed by atoms with van der Waals surface area (Å²) in [7, 11) is 0. The van der Waals surface area contributed by atoms with Gasteiger partial charge in [-0.1, -0.05) is 0 Å². The summed E-state index contributed by atoms with van der Waals surface area (Å²) >= 11 is 0. The molecular weight excluding hydrogens is 226 g/mol. The van der Waals surface area contributed by atoms with Crippen molar-refractivity contribution in [2.75, 3.05) is 0 Å². The lowest BCUT2D eigenvalue weighted by Gasteiger charge is -2.28. The SMILES string of the molecule is CC1(C)C(=O)OC(=O)c2ccc([N+](=O)[O-])cc21. The molecule has 0 aromatic heterocycles. The Kier molecular flexibility index (Phi) is 2.23. The van der Waals surface area contributed by atoms with Crippen LogP contribution in [0, 0.1) is 10.1 Å². The number of hydrogen-bond acceptors (Lipinski definition) is 5. The van der Waals surface area contributed by atoms with Crippen LogP contribution in [0.5, 0.6) is 0 Å². The van der Waals surface area contributed by atoms with Crippen molar-refractivity contribution in [3.05, 3.63) is 39.4 Å². The summed E-state index contributed by atoms with van der Waals surface area (Å²) in [6, 6.07) is 3.77. The Labute approximate surface area is 96.3 Å². The molecule has 1 aliphatic rings. The summed E-state index contributed by atoms with van der Waals surface area (Å²) in [6.07, 6.45) is 0. The Bertz CT molecular complexity index is 547. The molecule has 0 bridgehead atoms. The number of hydrogen-bond donors (Lipinski definition) is 0. The fraction of sp³-hybridized carbons (Fsp3) is 0.273. The van der Waals surface area contributed by atoms with Crippen LogP contribution in [0.25, 0.3) is 0 Å². The van der Waals surface area contributed by atoms with Gasteiger partial charge in [-0.25, -0.2) is 4.79 Å². The molecule has 0 amide bonds. The first-order valence-corrected chi connectivity index (χ1v) is 4.89. The van der Waals surface area contributed by atoms with Crippen molar-refractivity contribution in [2.24, 2.45) is 0 Å². The molecule has 0 saturated heterocycles. The van der Waals surface area contributed by atoms with Crippen LogP contribution in [0.15, 0.2) is 18.2 Å². The highest BCUT2D eigenvalue weighted by Crippen LogP contribution is 2.35. The summed E-state index contributed by atoms with van der Waals surface area (Å²) in [4.78, 5) is 33.1. The lowest BCUT2D eigenvalue weighted by atomic mass is 9.80. The number of carbonyl (C=O) groups is 2. The third-order valence-electron chi connectivity index (χ3n) is 2.80. The molecule has 0 saturated carbocycles. The van der Waals surface area contributed by atoms with Gasteiger partial charge in [0, 0.05) is 12.1 Å². The van der Waals surface area contributed by atoms with Crippen LogP contribution in [-0.2, 0) is 14.9 Å². The first-order valence-electron chi connectivity index (χ1n) is 4.89. The van der Waals surface area contributed by atoms with Crippen LogP contribution in [0.2, 0.25) is 0 Å². The molecule has 6 heteroatoms. The Morgan fingerprint density at radius 1 is 1.29 bits per heavy atom. The first kappa shape index (κ1) is 11.3. The molecule has 0 atom stereocenters. The molecule has 0 spiro atoms. The van der Waals surface area contributed by atoms with Gasteiger partial charge in [0.1, 0.15) is 0 Å². The fourth-order valence-electron chi connectivity index (χ4n) is 1.72. The number of nitro benzene ring substituents is 1. The van der Waals surface area contributed by atoms with Crippen LogP contribution in [-0.4, -0.2) is 16.9 Å². The summed E-state index contributed by atoms with van der Waals surface area (Å²) in [5, 5.41) is 10.7. The molecule has 0 N–H and O–H groups in total. The van der Waals surface area contributed by atoms with E-state index in [9.17, 15) is 19.7 Å². The second-order valence-corrected chi connectivity index (χ2v) is 4.29. The molecule has 0 fully saturated rings. The molecule has 1 aliphatic heterocycles. The highest BCUT2D eigenvalue weighted by Gasteiger charge is 2.42. The van der Waals surface area contributed by atoms with Crippen LogP contribution >= 0.6 is 0 Å². The summed E-state index contributed by atoms with van der Waals surface area (Å²) < 4.78 is 4.58. The molecule has 0 aliphatic carbocycles. The van der Waals surface area contributed by atoms with Crippen molar-refractivity contribution in [3.8, 4) is 0 Å². The second-order valence-electron chi connectivity index (χ2n) is 4.29. The van der Waals surface area contributed by atoms with Crippen molar-refractivity contribution in [2.45, 2.75) is 19.3 Å². The van der Waals surface area contributed by atoms with E-state index in [0.29, 0.717) is 5.56 Å². The highest BCUT2D eigenvalue weighted by atomic mass is 16.6. The number of fused-ring (bicyclic) bond motifs is 1. The molecule has 0 radical (unpaired) electrons. The van der Waals surface area contributed by atoms with Gasteiger partial charge in [-0.3, -0.25) is 14.9 Å². The maximum Gasteiger partial charge on any atom is 0.346 e. The zero-order chi connectivity index (χ0) is 12.8. The van der Waals surface area contributed by atoms with Crippen molar-refractivity contribution in [1.29, 1.82) is 0 Å². The molecule has 2 rings (SSSR count). The van der Waals surface area contributed by atoms with E-state index >= 15 is 0 Å². The maximum absolute atomic E-state index is 11.6. The van der Waals surface area contributed by atoms with Gasteiger partial charge in [0.15, 0.2) is 0 Å². The number of benzene rings is 1. The Morgan fingerprint density at radius 2 is 1.94 bits per heavy atom. The monoisotopic (exact) mass is 235 g/mol. The number of cyclic esters (lactones) is 2. The predicted octanol–water partition coefficient (Wildman–Crippen LogP) is 1.57. The van der Waals surface area contributed by atoms with E-state index in [-0.39, 0.29) is 11.3 Å². The molecule has 1 heterocycles. The van der Waals surface area contributed by atoms with Gasteiger partial charge in [0.05, 0.1) is 15.9 Å². The molecule has 1 aromatic rings. The number of non-ortho nitro benzene ring substituents is 1. The molecule has 1 aromatic carbocycles. The number of rotatable bonds is 1. The maximum atomic E-state index is 11.6. The third-order valence-corrected chi connectivity index (χ3v) is 2.80. The Hall–Kier alpha value is -2.24. The van der Waals surface area contributed by atoms with Crippen molar-refractivity contribution in [1.82, 2.24) is 0 Å². The van der Waals surface area contributed by atoms with E-state index in [1.165, 1.54) is 18.2 Å². The zero-order valence-corrected chi connectivity index (χ0v) is 9.22. The summed E-state index contributed by atoms with van der Waals surface area (Å²) in [5.74, 6) is -1.46. The van der Waals surface area contributed by atoms with Crippen LogP contribution in [0.1, 0.15) is 29.8 Å². The number of esters is 2. The average molecular weight is 235 g/mol. The van der Waals surface area contributed by atoms with E-state index in [0.717, 1.165) is 0 Å². The molecule has 17 heavy (non-hydrogen) atoms. The number of ether oxygens (including phenoxy) is 1. The van der Waals surface area contributed by atoms with Gasteiger partial charge < -0.3 is 4.74 Å². The number of carbonyl (C=O) groups excluding carboxylic acids is 2. The van der Waals surface area contributed by atoms with Crippen molar-refractivity contribution < 1.29 is 19.2 Å². The lowest BCUT2D eigenvalue weighted by molar-refractivity contribution is -0.385. The number of nitro groups is 1. The average Bonchev–Trinajstić information content (AvgIpc) is 2.26. The first-order chi connectivity index (χ1) is 7.84. The van der Waals surface area contributed by atoms with Crippen molar-refractivity contribution in [3.63, 3.8) is 0 Å². The topological polar surface area (TPSA) is 86.5 Å². The van der Waals surface area contributed by atoms with E-state index < -0.39 is 22.3 Å². The largest absolute Gasteiger partial charge is 0.389 e. The van der Waals surface area contributed by atoms with E-state index in [1.54, 1.807) is 13.8 Å². The Balaban J connectivity index is 2.69. The summed E-state index contributed by atoms with van der Waals surface area (Å²) in [6.45, 7) is 3.12. The van der Waals surface area contributed by atoms with E-state index in [1.807, 2.05) is 0 Å². The minimum Gasteiger partial charge on any atom is -0.389 e. The fourth-order valence-corrected chi connectivity index (χ4v) is 1.72. The van der Waals surface area contributed by atoms with Crippen LogP contribution in [0.4, 0.5) is 5.69 Å². The van der Waals surface area contributed by atoms with Crippen molar-refractivity contribution >= 4 is 17.6 Å². The van der Waals surface area contributed by atoms with Gasteiger partial charge in [-0.05, 0) is 25.5 Å². The molecule has 88 valence electrons. The Morgan fingerprint density at radius 3 is 2.53 bits per heavy atom. The van der Waals surface area contributed by atoms with E-state index in [4.69, 9.17) is 0 Å². The molecule has 6 nitrogen and oxygen atoms in total. The van der Waals surface area contributed by atoms with Crippen LogP contribution in [0.3, 0.4) is 0 Å². The normalized spacial score (nSPS) is 17.3. The minimum atomic E-state index is -1.06. The molecular formula is C11H9NO5. The summed E-state index contributed by atoms with van der Waals surface area (Å²) in [5.41, 5.74) is -0.692. The van der Waals surface area contributed by atoms with Gasteiger partial charge in [0.25, 0.3) is 5.69 Å². The van der Waals surface area contributed by atoms with E-state index in [2.05, 4.69) is 4.74 Å². The van der Waals surface area contributed by atoms with Crippen LogP contribution < -0.4 is 0 Å². The minimum absolute atomic E-state index is 0.153. The quantitative estimate of drug-likeness (QED) is 0.319. The molecule has 0 unspecified atom stereocenters. The predicted molar refractivity (Wildman–Crippen MR) is 56.5 cm³/mol. The third kappa shape index (κ3) is 1.57. The number of nitrogens with zero attached hydrogens (tertiary/aromatic N) is 1. The second kappa shape index (κ2) is 3.38. The van der Waals surface area contributed by atoms with Gasteiger partial charge in [0.2, 0.25) is 0 Å².